The van der Waals surface area contributed by atoms with E-state index in [4.69, 9.17) is 4.98 Å². The third kappa shape index (κ3) is 3.92. The summed E-state index contributed by atoms with van der Waals surface area (Å²) in [6.45, 7) is 0. The van der Waals surface area contributed by atoms with E-state index in [-0.39, 0.29) is 0 Å². The van der Waals surface area contributed by atoms with Gasteiger partial charge in [0.15, 0.2) is 0 Å². The minimum atomic E-state index is -0.400. The van der Waals surface area contributed by atoms with Crippen LogP contribution in [-0.4, -0.2) is 9.55 Å². The van der Waals surface area contributed by atoms with E-state index in [1.165, 1.54) is 71.6 Å². The number of benzene rings is 9. The van der Waals surface area contributed by atoms with Gasteiger partial charge in [0.1, 0.15) is 5.82 Å². The summed E-state index contributed by atoms with van der Waals surface area (Å²) in [5.74, 6) is 0.942. The molecule has 2 aliphatic rings. The molecule has 10 aromatic rings. The molecule has 0 saturated heterocycles. The average Bonchev–Trinajstić information content (AvgIpc) is 3.87. The molecule has 9 aromatic carbocycles. The van der Waals surface area contributed by atoms with Crippen molar-refractivity contribution in [2.45, 2.75) is 5.41 Å². The van der Waals surface area contributed by atoms with Gasteiger partial charge in [-0.05, 0) is 120 Å². The molecule has 1 heterocycles. The molecule has 0 N–H and O–H groups in total. The van der Waals surface area contributed by atoms with Crippen molar-refractivity contribution in [2.24, 2.45) is 0 Å². The van der Waals surface area contributed by atoms with E-state index in [2.05, 4.69) is 199 Å². The second-order valence-corrected chi connectivity index (χ2v) is 14.7. The van der Waals surface area contributed by atoms with Crippen molar-refractivity contribution < 1.29 is 0 Å². The molecule has 0 aliphatic heterocycles. The van der Waals surface area contributed by atoms with Crippen LogP contribution in [0, 0.1) is 0 Å². The van der Waals surface area contributed by atoms with Crippen molar-refractivity contribution in [2.75, 3.05) is 0 Å². The Morgan fingerprint density at radius 1 is 0.389 bits per heavy atom. The quantitative estimate of drug-likeness (QED) is 0.181. The van der Waals surface area contributed by atoms with Gasteiger partial charge in [0.2, 0.25) is 0 Å². The van der Waals surface area contributed by atoms with Gasteiger partial charge in [0.25, 0.3) is 0 Å². The summed E-state index contributed by atoms with van der Waals surface area (Å²) in [7, 11) is 0. The smallest absolute Gasteiger partial charge is 0.145 e. The van der Waals surface area contributed by atoms with Crippen LogP contribution in [0.1, 0.15) is 22.3 Å². The third-order valence-corrected chi connectivity index (χ3v) is 12.0. The van der Waals surface area contributed by atoms with E-state index in [0.717, 1.165) is 33.7 Å². The molecule has 250 valence electrons. The zero-order chi connectivity index (χ0) is 35.4. The van der Waals surface area contributed by atoms with E-state index in [1.54, 1.807) is 0 Å². The van der Waals surface area contributed by atoms with Gasteiger partial charge in [-0.1, -0.05) is 152 Å². The summed E-state index contributed by atoms with van der Waals surface area (Å²) in [6, 6.07) is 71.4. The van der Waals surface area contributed by atoms with Crippen molar-refractivity contribution in [1.82, 2.24) is 9.55 Å². The van der Waals surface area contributed by atoms with E-state index >= 15 is 0 Å². The number of fused-ring (bicyclic) bond motifs is 14. The molecule has 0 fully saturated rings. The third-order valence-electron chi connectivity index (χ3n) is 12.0. The first-order valence-electron chi connectivity index (χ1n) is 18.7. The highest BCUT2D eigenvalue weighted by Gasteiger charge is 2.52. The molecule has 0 saturated carbocycles. The van der Waals surface area contributed by atoms with Crippen LogP contribution >= 0.6 is 0 Å². The first-order valence-corrected chi connectivity index (χ1v) is 18.7. The van der Waals surface area contributed by atoms with Gasteiger partial charge in [0, 0.05) is 11.3 Å². The molecule has 12 rings (SSSR count). The SMILES string of the molecule is c1ccc(-c2nc3cc(-c4ccc5cc6c(cc5c4)C4(c5ccccc5-c5ccccc54)c4ccc5ccccc5c4-6)ccc3n2-c2ccccc2)cc1. The van der Waals surface area contributed by atoms with Crippen LogP contribution in [0.4, 0.5) is 0 Å². The lowest BCUT2D eigenvalue weighted by Crippen LogP contribution is -2.25. The molecule has 1 aromatic heterocycles. The molecule has 0 bridgehead atoms. The number of imidazole rings is 1. The van der Waals surface area contributed by atoms with E-state index < -0.39 is 5.41 Å². The standard InChI is InChI=1S/C52H32N2/c1-3-14-34(15-4-1)51-53-48-32-37(26-28-49(48)54(51)39-16-5-2-6-17-39)35-23-24-36-30-43-47(31-38(36)29-35)52(46-27-25-33-13-7-8-18-40(33)50(43)46)44-21-11-9-19-41(44)42-20-10-12-22-45(42)52/h1-32H. The molecule has 0 amide bonds. The topological polar surface area (TPSA) is 17.8 Å². The molecular formula is C52H32N2. The second-order valence-electron chi connectivity index (χ2n) is 14.7. The van der Waals surface area contributed by atoms with Crippen LogP contribution in [0.15, 0.2) is 194 Å². The van der Waals surface area contributed by atoms with Gasteiger partial charge in [-0.15, -0.1) is 0 Å². The highest BCUT2D eigenvalue weighted by molar-refractivity contribution is 6.09. The first kappa shape index (κ1) is 29.5. The van der Waals surface area contributed by atoms with Gasteiger partial charge >= 0.3 is 0 Å². The number of para-hydroxylation sites is 1. The number of nitrogens with zero attached hydrogens (tertiary/aromatic N) is 2. The van der Waals surface area contributed by atoms with Gasteiger partial charge in [-0.3, -0.25) is 4.57 Å². The predicted octanol–water partition coefficient (Wildman–Crippen LogP) is 13.0. The van der Waals surface area contributed by atoms with Crippen molar-refractivity contribution in [3.63, 3.8) is 0 Å². The number of rotatable bonds is 3. The molecule has 2 aliphatic carbocycles. The summed E-state index contributed by atoms with van der Waals surface area (Å²) in [5, 5.41) is 5.07. The predicted molar refractivity (Wildman–Crippen MR) is 223 cm³/mol. The summed E-state index contributed by atoms with van der Waals surface area (Å²) >= 11 is 0. The van der Waals surface area contributed by atoms with Crippen LogP contribution in [0.2, 0.25) is 0 Å². The highest BCUT2D eigenvalue weighted by Crippen LogP contribution is 2.64. The molecular weight excluding hydrogens is 653 g/mol. The molecule has 0 unspecified atom stereocenters. The maximum Gasteiger partial charge on any atom is 0.145 e. The van der Waals surface area contributed by atoms with Gasteiger partial charge in [-0.2, -0.15) is 0 Å². The Bertz CT molecular complexity index is 3110. The van der Waals surface area contributed by atoms with E-state index in [0.29, 0.717) is 0 Å². The fourth-order valence-corrected chi connectivity index (χ4v) is 9.71. The monoisotopic (exact) mass is 684 g/mol. The summed E-state index contributed by atoms with van der Waals surface area (Å²) in [6.07, 6.45) is 0. The Labute approximate surface area is 313 Å². The highest BCUT2D eigenvalue weighted by atomic mass is 15.1. The van der Waals surface area contributed by atoms with Crippen molar-refractivity contribution in [3.8, 4) is 50.5 Å². The normalized spacial score (nSPS) is 13.3. The maximum absolute atomic E-state index is 5.26. The molecule has 0 atom stereocenters. The Morgan fingerprint density at radius 3 is 1.83 bits per heavy atom. The minimum absolute atomic E-state index is 0.400. The largest absolute Gasteiger partial charge is 0.292 e. The zero-order valence-corrected chi connectivity index (χ0v) is 29.4. The van der Waals surface area contributed by atoms with E-state index in [1.807, 2.05) is 0 Å². The van der Waals surface area contributed by atoms with Crippen molar-refractivity contribution in [1.29, 1.82) is 0 Å². The Balaban J connectivity index is 1.09. The lowest BCUT2D eigenvalue weighted by molar-refractivity contribution is 0.795. The molecule has 54 heavy (non-hydrogen) atoms. The summed E-state index contributed by atoms with van der Waals surface area (Å²) in [4.78, 5) is 5.26. The second kappa shape index (κ2) is 11.0. The number of hydrogen-bond donors (Lipinski definition) is 0. The van der Waals surface area contributed by atoms with Gasteiger partial charge in [0.05, 0.1) is 16.4 Å². The van der Waals surface area contributed by atoms with Crippen LogP contribution in [-0.2, 0) is 5.41 Å². The molecule has 0 radical (unpaired) electrons. The fraction of sp³-hybridized carbons (Fsp3) is 0.0192. The van der Waals surface area contributed by atoms with E-state index in [9.17, 15) is 0 Å². The Morgan fingerprint density at radius 2 is 1.04 bits per heavy atom. The van der Waals surface area contributed by atoms with Gasteiger partial charge in [-0.25, -0.2) is 4.98 Å². The zero-order valence-electron chi connectivity index (χ0n) is 29.4. The lowest BCUT2D eigenvalue weighted by atomic mass is 9.70. The minimum Gasteiger partial charge on any atom is -0.292 e. The van der Waals surface area contributed by atoms with Crippen LogP contribution in [0.3, 0.4) is 0 Å². The van der Waals surface area contributed by atoms with Crippen LogP contribution in [0.25, 0.3) is 83.0 Å². The Hall–Kier alpha value is -7.03. The van der Waals surface area contributed by atoms with Crippen LogP contribution in [0.5, 0.6) is 0 Å². The molecule has 1 spiro atoms. The average molecular weight is 685 g/mol. The Kier molecular flexibility index (Phi) is 6.01. The maximum atomic E-state index is 5.26. The van der Waals surface area contributed by atoms with Crippen molar-refractivity contribution in [3.05, 3.63) is 216 Å². The first-order chi connectivity index (χ1) is 26.8. The fourth-order valence-electron chi connectivity index (χ4n) is 9.71. The number of hydrogen-bond acceptors (Lipinski definition) is 1. The molecule has 2 nitrogen and oxygen atoms in total. The summed E-state index contributed by atoms with van der Waals surface area (Å²) in [5.41, 5.74) is 17.0. The summed E-state index contributed by atoms with van der Waals surface area (Å²) < 4.78 is 2.27. The number of aromatic nitrogens is 2. The lowest BCUT2D eigenvalue weighted by Gasteiger charge is -2.30. The van der Waals surface area contributed by atoms with Crippen molar-refractivity contribution >= 4 is 32.6 Å². The van der Waals surface area contributed by atoms with Crippen LogP contribution < -0.4 is 0 Å². The molecule has 2 heteroatoms. The van der Waals surface area contributed by atoms with Gasteiger partial charge < -0.3 is 0 Å².